The number of ether oxygens (including phenoxy) is 3. The summed E-state index contributed by atoms with van der Waals surface area (Å²) in [6.07, 6.45) is 6.25. The van der Waals surface area contributed by atoms with Crippen molar-refractivity contribution >= 4 is 70.5 Å². The smallest absolute Gasteiger partial charge is 0.254 e. The highest BCUT2D eigenvalue weighted by molar-refractivity contribution is 6.06. The number of hydrogen-bond donors (Lipinski definition) is 12. The summed E-state index contributed by atoms with van der Waals surface area (Å²) in [5, 5.41) is 27.3. The van der Waals surface area contributed by atoms with E-state index in [9.17, 15) is 64.7 Å². The summed E-state index contributed by atoms with van der Waals surface area (Å²) in [5.41, 5.74) is 47.1. The van der Waals surface area contributed by atoms with Gasteiger partial charge in [0.05, 0.1) is 44.0 Å². The number of nitrogens with one attached hydrogen (secondary N) is 4. The molecule has 16 rings (SSSR count). The molecule has 4 fully saturated rings. The van der Waals surface area contributed by atoms with Gasteiger partial charge in [0.1, 0.15) is 115 Å². The van der Waals surface area contributed by atoms with E-state index in [0.29, 0.717) is 81.2 Å². The molecule has 1 aliphatic carbocycles. The van der Waals surface area contributed by atoms with Gasteiger partial charge in [-0.3, -0.25) is 38.4 Å². The zero-order valence-electron chi connectivity index (χ0n) is 73.2. The van der Waals surface area contributed by atoms with E-state index in [1.165, 1.54) is 55.1 Å². The normalized spacial score (nSPS) is 15.2. The van der Waals surface area contributed by atoms with Crippen LogP contribution in [0.2, 0.25) is 0 Å². The fraction of sp³-hybridized carbons (Fsp3) is 0.277. The Morgan fingerprint density at radius 2 is 0.630 bits per heavy atom. The lowest BCUT2D eigenvalue weighted by atomic mass is 10.0. The van der Waals surface area contributed by atoms with E-state index in [1.54, 1.807) is 76.2 Å². The molecule has 1 saturated carbocycles. The molecule has 706 valence electrons. The third-order valence-electron chi connectivity index (χ3n) is 23.4. The molecule has 3 unspecified atom stereocenters. The van der Waals surface area contributed by atoms with Gasteiger partial charge in [-0.05, 0) is 167 Å². The van der Waals surface area contributed by atoms with E-state index in [1.807, 2.05) is 0 Å². The van der Waals surface area contributed by atoms with Gasteiger partial charge < -0.3 is 81.3 Å². The summed E-state index contributed by atoms with van der Waals surface area (Å²) in [6.45, 7) is 8.24. The fourth-order valence-corrected chi connectivity index (χ4v) is 16.2. The van der Waals surface area contributed by atoms with Crippen LogP contribution in [0.1, 0.15) is 203 Å². The fourth-order valence-electron chi connectivity index (χ4n) is 16.2. The minimum absolute atomic E-state index is 0.0209. The minimum Gasteiger partial charge on any atom is -0.383 e. The lowest BCUT2D eigenvalue weighted by Gasteiger charge is -2.23. The van der Waals surface area contributed by atoms with Gasteiger partial charge in [-0.1, -0.05) is 67.4 Å². The third kappa shape index (κ3) is 21.4. The number of amides is 8. The standard InChI is InChI=1S/C24H24F3N5O2.C24H25F2N5O3.C23H22F3N5O3.C23H23F2N5O3/c1-12-6-8-14(25)10-17(12)24(34)30-11-13-7-9-16(20(27)19(13)26)21-18(23(29)33)22(28)32(31-21)15-4-2-3-5-15;1-13-5-2-3-7-16(13)24(33)29-11-14-9-19(26)17(10-18(14)25)21-20(23(28)32)22(27)31(30-21)15-6-4-8-34-12-15;1-11-2-3-13(24)7-15(11)23(33)29-9-12-6-18(26)16(8-17(12)25)20-19(22(28)32)21(27)31(30-20)14-4-5-34-10-14;1-12-4-2-3-5-15(12)23(32)28-10-13-8-18(25)16(9-17(13)24)20-19(22(27)31)21(26)30(29-20)14-6-7-33-11-14/h6-10,15H,2-5,11,28H2,1H3,(H2,29,33)(H,30,34);2-3,5,7,9-10,15H,4,6,8,11-12,27H2,1H3,(H2,28,32)(H,29,33);2-3,6-8,14H,4-5,9-10,27H2,1H3,(H2,28,32)(H,29,33);2-5,8-9,14H,6-7,10-11,26H2,1H3,(H2,27,31)(H,28,32). The molecule has 41 heteroatoms. The molecule has 31 nitrogen and oxygen atoms in total. The highest BCUT2D eigenvalue weighted by atomic mass is 19.2. The van der Waals surface area contributed by atoms with Crippen molar-refractivity contribution in [1.29, 1.82) is 0 Å². The number of aryl methyl sites for hydroxylation is 4. The van der Waals surface area contributed by atoms with Gasteiger partial charge in [-0.15, -0.1) is 0 Å². The van der Waals surface area contributed by atoms with E-state index < -0.39 is 105 Å². The van der Waals surface area contributed by atoms with Crippen LogP contribution in [-0.4, -0.2) is 126 Å². The number of rotatable bonds is 24. The summed E-state index contributed by atoms with van der Waals surface area (Å²) < 4.78 is 168. The molecule has 0 bridgehead atoms. The Morgan fingerprint density at radius 3 is 0.963 bits per heavy atom. The monoisotopic (exact) mass is 1870 g/mol. The number of carbonyl (C=O) groups is 8. The number of nitrogens with zero attached hydrogens (tertiary/aromatic N) is 8. The van der Waals surface area contributed by atoms with E-state index in [2.05, 4.69) is 41.7 Å². The Bertz CT molecular complexity index is 6470. The first-order valence-corrected chi connectivity index (χ1v) is 42.5. The van der Waals surface area contributed by atoms with Gasteiger partial charge in [0, 0.05) is 113 Å². The maximum absolute atomic E-state index is 15.1. The van der Waals surface area contributed by atoms with Crippen molar-refractivity contribution in [2.24, 2.45) is 22.9 Å². The van der Waals surface area contributed by atoms with Crippen LogP contribution in [0.4, 0.5) is 67.2 Å². The van der Waals surface area contributed by atoms with Crippen molar-refractivity contribution in [1.82, 2.24) is 60.4 Å². The molecule has 3 aliphatic heterocycles. The first-order valence-electron chi connectivity index (χ1n) is 42.5. The van der Waals surface area contributed by atoms with Gasteiger partial charge >= 0.3 is 0 Å². The molecule has 0 spiro atoms. The summed E-state index contributed by atoms with van der Waals surface area (Å²) in [6, 6.07) is 28.7. The van der Waals surface area contributed by atoms with Crippen molar-refractivity contribution in [2.45, 2.75) is 129 Å². The summed E-state index contributed by atoms with van der Waals surface area (Å²) in [5.74, 6) is -14.3. The third-order valence-corrected chi connectivity index (χ3v) is 23.4. The Hall–Kier alpha value is -15.3. The van der Waals surface area contributed by atoms with Crippen LogP contribution in [0.3, 0.4) is 0 Å². The van der Waals surface area contributed by atoms with E-state index in [0.717, 1.165) is 91.8 Å². The Labute approximate surface area is 764 Å². The maximum atomic E-state index is 15.1. The topological polar surface area (TPSA) is 492 Å². The van der Waals surface area contributed by atoms with Crippen LogP contribution in [0.15, 0.2) is 133 Å². The largest absolute Gasteiger partial charge is 0.383 e. The summed E-state index contributed by atoms with van der Waals surface area (Å²) in [7, 11) is 0. The molecule has 7 heterocycles. The number of nitrogens with two attached hydrogens (primary N) is 8. The first kappa shape index (κ1) is 97.3. The lowest BCUT2D eigenvalue weighted by Crippen LogP contribution is -2.24. The Balaban J connectivity index is 0.000000152. The second-order valence-electron chi connectivity index (χ2n) is 32.5. The summed E-state index contributed by atoms with van der Waals surface area (Å²) >= 11 is 0. The molecular formula is C94H94F10N20O11. The molecule has 135 heavy (non-hydrogen) atoms. The van der Waals surface area contributed by atoms with Crippen molar-refractivity contribution in [3.05, 3.63) is 281 Å². The second-order valence-corrected chi connectivity index (χ2v) is 32.5. The number of benzene rings is 8. The highest BCUT2D eigenvalue weighted by Gasteiger charge is 2.36. The number of primary amides is 4. The number of carbonyl (C=O) groups excluding carboxylic acids is 8. The molecule has 4 aliphatic rings. The number of nitrogen functional groups attached to an aromatic ring is 4. The lowest BCUT2D eigenvalue weighted by molar-refractivity contribution is 0.0558. The zero-order valence-corrected chi connectivity index (χ0v) is 73.2. The average Bonchev–Trinajstić information content (AvgIpc) is 1.64. The Kier molecular flexibility index (Phi) is 30.3. The molecular weight excluding hydrogens is 1780 g/mol. The van der Waals surface area contributed by atoms with Gasteiger partial charge in [-0.25, -0.2) is 62.6 Å². The molecule has 8 amide bonds. The molecule has 20 N–H and O–H groups in total. The van der Waals surface area contributed by atoms with E-state index >= 15 is 17.6 Å². The van der Waals surface area contributed by atoms with Gasteiger partial charge in [-0.2, -0.15) is 20.4 Å². The number of aromatic nitrogens is 8. The number of hydrogen-bond acceptors (Lipinski definition) is 19. The van der Waals surface area contributed by atoms with E-state index in [-0.39, 0.29) is 174 Å². The Morgan fingerprint density at radius 1 is 0.326 bits per heavy atom. The molecule has 3 atom stereocenters. The van der Waals surface area contributed by atoms with E-state index in [4.69, 9.17) is 60.1 Å². The SMILES string of the molecule is Cc1ccc(F)cc1C(=O)NCc1cc(F)c(-c2nn(C3CCOC3)c(N)c2C(N)=O)cc1F.Cc1ccc(F)cc1C(=O)NCc1ccc(-c2nn(C3CCCC3)c(N)c2C(N)=O)c(F)c1F.Cc1ccccc1C(=O)NCc1cc(F)c(-c2nn(C3CCCOC3)c(N)c2C(N)=O)cc1F.Cc1ccccc1C(=O)NCc1cc(F)c(-c2nn(C3CCOC3)c(N)c2C(N)=O)cc1F. The van der Waals surface area contributed by atoms with Crippen LogP contribution in [0.25, 0.3) is 45.0 Å². The number of halogens is 10. The van der Waals surface area contributed by atoms with Crippen molar-refractivity contribution in [3.63, 3.8) is 0 Å². The quantitative estimate of drug-likeness (QED) is 0.0250. The van der Waals surface area contributed by atoms with Crippen LogP contribution in [-0.2, 0) is 40.4 Å². The molecule has 0 radical (unpaired) electrons. The van der Waals surface area contributed by atoms with Gasteiger partial charge in [0.2, 0.25) is 0 Å². The average molecular weight is 1870 g/mol. The molecule has 8 aromatic carbocycles. The van der Waals surface area contributed by atoms with Gasteiger partial charge in [0.25, 0.3) is 47.3 Å². The molecule has 12 aromatic rings. The molecule has 4 aromatic heterocycles. The van der Waals surface area contributed by atoms with Crippen LogP contribution >= 0.6 is 0 Å². The zero-order chi connectivity index (χ0) is 97.2. The van der Waals surface area contributed by atoms with Crippen molar-refractivity contribution in [3.8, 4) is 45.0 Å². The van der Waals surface area contributed by atoms with Crippen LogP contribution < -0.4 is 67.1 Å². The second kappa shape index (κ2) is 42.1. The minimum atomic E-state index is -1.24. The predicted octanol–water partition coefficient (Wildman–Crippen LogP) is 12.7. The van der Waals surface area contributed by atoms with Crippen LogP contribution in [0.5, 0.6) is 0 Å². The first-order chi connectivity index (χ1) is 64.4. The van der Waals surface area contributed by atoms with Crippen molar-refractivity contribution < 1.29 is 96.5 Å². The van der Waals surface area contributed by atoms with Crippen LogP contribution in [0, 0.1) is 85.9 Å². The number of anilines is 4. The predicted molar refractivity (Wildman–Crippen MR) is 477 cm³/mol. The maximum Gasteiger partial charge on any atom is 0.254 e. The van der Waals surface area contributed by atoms with Crippen molar-refractivity contribution in [2.75, 3.05) is 62.6 Å². The highest BCUT2D eigenvalue weighted by Crippen LogP contribution is 2.41. The van der Waals surface area contributed by atoms with Gasteiger partial charge in [0.15, 0.2) is 11.6 Å². The summed E-state index contributed by atoms with van der Waals surface area (Å²) in [4.78, 5) is 97.8. The molecule has 3 saturated heterocycles.